The Bertz CT molecular complexity index is 1170. The lowest BCUT2D eigenvalue weighted by molar-refractivity contribution is -0.158. The van der Waals surface area contributed by atoms with E-state index >= 15 is 0 Å². The van der Waals surface area contributed by atoms with Crippen LogP contribution in [-0.2, 0) is 4.79 Å². The van der Waals surface area contributed by atoms with Crippen molar-refractivity contribution in [2.45, 2.75) is 79.2 Å². The van der Waals surface area contributed by atoms with Crippen LogP contribution >= 0.6 is 0 Å². The third-order valence-electron chi connectivity index (χ3n) is 11.2. The number of aliphatic hydroxyl groups is 1. The van der Waals surface area contributed by atoms with E-state index in [9.17, 15) is 15.0 Å². The maximum atomic E-state index is 13.3. The summed E-state index contributed by atoms with van der Waals surface area (Å²) in [7, 11) is 0. The van der Waals surface area contributed by atoms with E-state index in [1.165, 1.54) is 5.57 Å². The lowest BCUT2D eigenvalue weighted by Crippen LogP contribution is -2.59. The molecular weight excluding hydrogens is 448 g/mol. The number of nitrogens with two attached hydrogens (primary N) is 1. The zero-order valence-corrected chi connectivity index (χ0v) is 22.4. The number of ketones is 1. The van der Waals surface area contributed by atoms with Crippen LogP contribution in [0, 0.1) is 39.9 Å². The SMILES string of the molecule is CCC(=O)[C@@]1(C)[C@H](C)C[C@H]2[C@@H]3CCC4=CC(N)=C(C=Nc5cccc(O)c5)C[C@]4(C)[C@H]3[C@@H](O)C[C@@]21C. The van der Waals surface area contributed by atoms with Gasteiger partial charge in [0.15, 0.2) is 0 Å². The van der Waals surface area contributed by atoms with E-state index in [4.69, 9.17) is 5.73 Å². The lowest BCUT2D eigenvalue weighted by atomic mass is 9.44. The summed E-state index contributed by atoms with van der Waals surface area (Å²) in [5.41, 5.74) is 9.52. The smallest absolute Gasteiger partial charge is 0.139 e. The van der Waals surface area contributed by atoms with Crippen molar-refractivity contribution in [3.8, 4) is 5.75 Å². The Morgan fingerprint density at radius 3 is 2.72 bits per heavy atom. The molecular formula is C31H42N2O3. The number of phenolic OH excluding ortho intramolecular Hbond substituents is 1. The zero-order chi connectivity index (χ0) is 26.0. The summed E-state index contributed by atoms with van der Waals surface area (Å²) in [6.45, 7) is 11.0. The highest BCUT2D eigenvalue weighted by molar-refractivity contribution is 5.86. The van der Waals surface area contributed by atoms with Gasteiger partial charge in [-0.2, -0.15) is 0 Å². The van der Waals surface area contributed by atoms with E-state index in [0.29, 0.717) is 42.1 Å². The molecule has 5 rings (SSSR count). The number of Topliss-reactive ketones (excluding diaryl/α,β-unsaturated/α-hetero) is 1. The molecule has 0 radical (unpaired) electrons. The molecule has 4 aliphatic rings. The number of carbonyl (C=O) groups is 1. The highest BCUT2D eigenvalue weighted by Crippen LogP contribution is 2.71. The minimum atomic E-state index is -0.456. The monoisotopic (exact) mass is 490 g/mol. The van der Waals surface area contributed by atoms with Gasteiger partial charge in [0.25, 0.3) is 0 Å². The van der Waals surface area contributed by atoms with Gasteiger partial charge in [0, 0.05) is 29.8 Å². The molecule has 8 atom stereocenters. The van der Waals surface area contributed by atoms with Gasteiger partial charge in [0.05, 0.1) is 11.8 Å². The van der Waals surface area contributed by atoms with Crippen LogP contribution in [-0.4, -0.2) is 28.3 Å². The topological polar surface area (TPSA) is 95.9 Å². The number of benzene rings is 1. The Morgan fingerprint density at radius 1 is 1.28 bits per heavy atom. The van der Waals surface area contributed by atoms with Crippen LogP contribution < -0.4 is 5.73 Å². The van der Waals surface area contributed by atoms with Crippen LogP contribution in [0.1, 0.15) is 73.1 Å². The Balaban J connectivity index is 1.48. The molecule has 4 aliphatic carbocycles. The second kappa shape index (κ2) is 8.58. The van der Waals surface area contributed by atoms with Crippen LogP contribution in [0.3, 0.4) is 0 Å². The summed E-state index contributed by atoms with van der Waals surface area (Å²) in [4.78, 5) is 17.9. The van der Waals surface area contributed by atoms with Crippen molar-refractivity contribution in [1.82, 2.24) is 0 Å². The van der Waals surface area contributed by atoms with Gasteiger partial charge < -0.3 is 15.9 Å². The summed E-state index contributed by atoms with van der Waals surface area (Å²) in [6.07, 6.45) is 8.59. The molecule has 5 heteroatoms. The first-order valence-electron chi connectivity index (χ1n) is 13.7. The third kappa shape index (κ3) is 3.45. The zero-order valence-electron chi connectivity index (χ0n) is 22.4. The van der Waals surface area contributed by atoms with Crippen LogP contribution in [0.4, 0.5) is 5.69 Å². The Morgan fingerprint density at radius 2 is 2.03 bits per heavy atom. The molecule has 4 N–H and O–H groups in total. The van der Waals surface area contributed by atoms with E-state index in [1.54, 1.807) is 18.2 Å². The molecule has 36 heavy (non-hydrogen) atoms. The molecule has 194 valence electrons. The maximum absolute atomic E-state index is 13.3. The molecule has 0 heterocycles. The predicted molar refractivity (Wildman–Crippen MR) is 144 cm³/mol. The molecule has 0 unspecified atom stereocenters. The normalized spacial score (nSPS) is 42.1. The van der Waals surface area contributed by atoms with Gasteiger partial charge in [-0.3, -0.25) is 9.79 Å². The molecule has 1 aromatic rings. The molecule has 0 aromatic heterocycles. The van der Waals surface area contributed by atoms with E-state index < -0.39 is 6.10 Å². The highest BCUT2D eigenvalue weighted by Gasteiger charge is 2.68. The average molecular weight is 491 g/mol. The van der Waals surface area contributed by atoms with Crippen molar-refractivity contribution in [1.29, 1.82) is 0 Å². The first-order valence-corrected chi connectivity index (χ1v) is 13.7. The largest absolute Gasteiger partial charge is 0.508 e. The number of hydrogen-bond donors (Lipinski definition) is 3. The number of hydrogen-bond acceptors (Lipinski definition) is 5. The van der Waals surface area contributed by atoms with Gasteiger partial charge in [-0.15, -0.1) is 0 Å². The minimum Gasteiger partial charge on any atom is -0.508 e. The second-order valence-corrected chi connectivity index (χ2v) is 12.7. The van der Waals surface area contributed by atoms with Crippen molar-refractivity contribution >= 4 is 17.7 Å². The van der Waals surface area contributed by atoms with Crippen molar-refractivity contribution < 1.29 is 15.0 Å². The van der Waals surface area contributed by atoms with Gasteiger partial charge in [-0.05, 0) is 90.4 Å². The number of allylic oxidation sites excluding steroid dienone is 3. The van der Waals surface area contributed by atoms with E-state index in [2.05, 4.69) is 38.8 Å². The molecule has 5 nitrogen and oxygen atoms in total. The number of carbonyl (C=O) groups excluding carboxylic acids is 1. The van der Waals surface area contributed by atoms with E-state index in [1.807, 2.05) is 19.2 Å². The van der Waals surface area contributed by atoms with Crippen molar-refractivity contribution in [2.75, 3.05) is 0 Å². The van der Waals surface area contributed by atoms with Gasteiger partial charge in [-0.1, -0.05) is 46.3 Å². The van der Waals surface area contributed by atoms with Crippen molar-refractivity contribution in [3.05, 3.63) is 47.2 Å². The Kier molecular flexibility index (Phi) is 6.02. The maximum Gasteiger partial charge on any atom is 0.139 e. The van der Waals surface area contributed by atoms with Gasteiger partial charge in [0.1, 0.15) is 11.5 Å². The summed E-state index contributed by atoms with van der Waals surface area (Å²) >= 11 is 0. The standard InChI is InChI=1S/C31H42N2O3/c1-6-27(36)31(5)18(2)12-24-23-11-10-20-13-25(32)19(17-33-21-8-7-9-22(34)14-21)15-29(20,3)28(23)26(35)16-30(24,31)4/h7-9,13-14,17-18,23-24,26,28,34-35H,6,10-12,15-16,32H2,1-5H3/t18-,23+,24+,26+,28-,29+,30+,31-/m1/s1. The summed E-state index contributed by atoms with van der Waals surface area (Å²) in [6, 6.07) is 6.90. The quantitative estimate of drug-likeness (QED) is 0.446. The molecule has 1 aromatic carbocycles. The second-order valence-electron chi connectivity index (χ2n) is 12.7. The van der Waals surface area contributed by atoms with Crippen molar-refractivity contribution in [3.63, 3.8) is 0 Å². The number of rotatable bonds is 4. The summed E-state index contributed by atoms with van der Waals surface area (Å²) in [5.74, 6) is 1.83. The Hall–Kier alpha value is -2.40. The van der Waals surface area contributed by atoms with Crippen LogP contribution in [0.5, 0.6) is 5.75 Å². The summed E-state index contributed by atoms with van der Waals surface area (Å²) in [5, 5.41) is 21.6. The van der Waals surface area contributed by atoms with E-state index in [-0.39, 0.29) is 27.9 Å². The third-order valence-corrected chi connectivity index (χ3v) is 11.2. The number of aliphatic hydroxyl groups excluding tert-OH is 1. The van der Waals surface area contributed by atoms with Gasteiger partial charge in [-0.25, -0.2) is 0 Å². The molecule has 0 spiro atoms. The Labute approximate surface area is 215 Å². The van der Waals surface area contributed by atoms with E-state index in [0.717, 1.165) is 37.0 Å². The number of phenols is 1. The molecule has 0 amide bonds. The lowest BCUT2D eigenvalue weighted by Gasteiger charge is -2.61. The summed E-state index contributed by atoms with van der Waals surface area (Å²) < 4.78 is 0. The predicted octanol–water partition coefficient (Wildman–Crippen LogP) is 6.08. The minimum absolute atomic E-state index is 0.138. The van der Waals surface area contributed by atoms with Crippen LogP contribution in [0.2, 0.25) is 0 Å². The number of fused-ring (bicyclic) bond motifs is 5. The molecule has 3 fully saturated rings. The molecule has 0 bridgehead atoms. The van der Waals surface area contributed by atoms with Crippen molar-refractivity contribution in [2.24, 2.45) is 50.6 Å². The molecule has 0 aliphatic heterocycles. The first-order chi connectivity index (χ1) is 17.0. The molecule has 0 saturated heterocycles. The number of aromatic hydroxyl groups is 1. The molecule has 3 saturated carbocycles. The average Bonchev–Trinajstić information content (AvgIpc) is 3.03. The first kappa shape index (κ1) is 25.3. The van der Waals surface area contributed by atoms with Gasteiger partial charge >= 0.3 is 0 Å². The fourth-order valence-corrected chi connectivity index (χ4v) is 9.09. The van der Waals surface area contributed by atoms with Crippen LogP contribution in [0.25, 0.3) is 0 Å². The number of nitrogens with zero attached hydrogens (tertiary/aromatic N) is 1. The highest BCUT2D eigenvalue weighted by atomic mass is 16.3. The van der Waals surface area contributed by atoms with Gasteiger partial charge in [0.2, 0.25) is 0 Å². The number of aliphatic imine (C=N–C) groups is 1. The van der Waals surface area contributed by atoms with Crippen LogP contribution in [0.15, 0.2) is 52.2 Å². The fraction of sp³-hybridized carbons (Fsp3) is 0.613. The fourth-order valence-electron chi connectivity index (χ4n) is 9.09.